The summed E-state index contributed by atoms with van der Waals surface area (Å²) in [4.78, 5) is 11.7. The Labute approximate surface area is 136 Å². The van der Waals surface area contributed by atoms with E-state index in [4.69, 9.17) is 0 Å². The van der Waals surface area contributed by atoms with Crippen LogP contribution in [0.3, 0.4) is 0 Å². The van der Waals surface area contributed by atoms with Gasteiger partial charge in [-0.2, -0.15) is 13.2 Å². The Morgan fingerprint density at radius 1 is 1.04 bits per heavy atom. The monoisotopic (exact) mass is 340 g/mol. The predicted octanol–water partition coefficient (Wildman–Crippen LogP) is 3.62. The van der Waals surface area contributed by atoms with E-state index in [1.807, 2.05) is 0 Å². The van der Waals surface area contributed by atoms with Gasteiger partial charge in [0.2, 0.25) is 5.91 Å². The number of hydrogen-bond donors (Lipinski definition) is 2. The van der Waals surface area contributed by atoms with Gasteiger partial charge < -0.3 is 10.6 Å². The zero-order chi connectivity index (χ0) is 17.6. The first-order valence-electron chi connectivity index (χ1n) is 7.27. The lowest BCUT2D eigenvalue weighted by Crippen LogP contribution is -2.31. The summed E-state index contributed by atoms with van der Waals surface area (Å²) >= 11 is 0. The van der Waals surface area contributed by atoms with Crippen molar-refractivity contribution in [2.75, 3.05) is 18.4 Å². The summed E-state index contributed by atoms with van der Waals surface area (Å²) in [6.45, 7) is 0.222. The molecule has 0 saturated heterocycles. The van der Waals surface area contributed by atoms with Crippen LogP contribution in [0.15, 0.2) is 48.5 Å². The smallest absolute Gasteiger partial charge is 0.376 e. The molecule has 0 radical (unpaired) electrons. The van der Waals surface area contributed by atoms with Gasteiger partial charge in [-0.15, -0.1) is 0 Å². The normalized spacial score (nSPS) is 11.2. The molecular weight excluding hydrogens is 324 g/mol. The van der Waals surface area contributed by atoms with Gasteiger partial charge in [-0.25, -0.2) is 4.39 Å². The molecule has 2 N–H and O–H groups in total. The van der Waals surface area contributed by atoms with Crippen LogP contribution < -0.4 is 10.6 Å². The summed E-state index contributed by atoms with van der Waals surface area (Å²) in [6.07, 6.45) is -3.88. The number of halogens is 4. The van der Waals surface area contributed by atoms with Crippen molar-refractivity contribution in [1.29, 1.82) is 0 Å². The highest BCUT2D eigenvalue weighted by Crippen LogP contribution is 2.30. The van der Waals surface area contributed by atoms with Crippen LogP contribution in [0.25, 0.3) is 0 Å². The van der Waals surface area contributed by atoms with E-state index >= 15 is 0 Å². The van der Waals surface area contributed by atoms with Crippen LogP contribution in [0.1, 0.15) is 11.1 Å². The van der Waals surface area contributed by atoms with Crippen LogP contribution in [0.4, 0.5) is 23.2 Å². The fourth-order valence-electron chi connectivity index (χ4n) is 2.05. The van der Waals surface area contributed by atoms with Crippen LogP contribution in [-0.2, 0) is 17.4 Å². The molecule has 0 heterocycles. The molecule has 0 spiro atoms. The standard InChI is InChI=1S/C17H16F4N2O/c18-14-6-4-12(5-7-14)8-9-22-16(24)11-23-15-3-1-2-13(10-15)17(19,20)21/h1-7,10,23H,8-9,11H2,(H,22,24). The van der Waals surface area contributed by atoms with Crippen molar-refractivity contribution in [2.24, 2.45) is 0 Å². The predicted molar refractivity (Wildman–Crippen MR) is 83.0 cm³/mol. The first kappa shape index (κ1) is 17.8. The van der Waals surface area contributed by atoms with Gasteiger partial charge >= 0.3 is 6.18 Å². The molecule has 0 aliphatic rings. The molecule has 0 fully saturated rings. The van der Waals surface area contributed by atoms with Crippen LogP contribution in [0.5, 0.6) is 0 Å². The van der Waals surface area contributed by atoms with Gasteiger partial charge in [0, 0.05) is 12.2 Å². The van der Waals surface area contributed by atoms with E-state index < -0.39 is 11.7 Å². The van der Waals surface area contributed by atoms with Crippen molar-refractivity contribution in [2.45, 2.75) is 12.6 Å². The van der Waals surface area contributed by atoms with Crippen LogP contribution in [0.2, 0.25) is 0 Å². The van der Waals surface area contributed by atoms with Gasteiger partial charge in [0.05, 0.1) is 12.1 Å². The van der Waals surface area contributed by atoms with E-state index in [0.717, 1.165) is 17.7 Å². The van der Waals surface area contributed by atoms with E-state index in [1.54, 1.807) is 12.1 Å². The molecule has 0 saturated carbocycles. The van der Waals surface area contributed by atoms with Crippen LogP contribution in [-0.4, -0.2) is 19.0 Å². The molecule has 2 aromatic carbocycles. The molecular formula is C17H16F4N2O. The van der Waals surface area contributed by atoms with Gasteiger partial charge in [0.15, 0.2) is 0 Å². The van der Waals surface area contributed by atoms with E-state index in [1.165, 1.54) is 24.3 Å². The van der Waals surface area contributed by atoms with Gasteiger partial charge in [-0.05, 0) is 42.3 Å². The third kappa shape index (κ3) is 5.57. The summed E-state index contributed by atoms with van der Waals surface area (Å²) in [5, 5.41) is 5.29. The Morgan fingerprint density at radius 2 is 1.75 bits per heavy atom. The molecule has 3 nitrogen and oxygen atoms in total. The number of anilines is 1. The van der Waals surface area contributed by atoms with Crippen molar-refractivity contribution in [3.05, 3.63) is 65.5 Å². The molecule has 7 heteroatoms. The maximum atomic E-state index is 12.8. The molecule has 24 heavy (non-hydrogen) atoms. The van der Waals surface area contributed by atoms with Crippen molar-refractivity contribution < 1.29 is 22.4 Å². The molecule has 0 unspecified atom stereocenters. The van der Waals surface area contributed by atoms with Gasteiger partial charge in [-0.3, -0.25) is 4.79 Å². The fraction of sp³-hybridized carbons (Fsp3) is 0.235. The Bertz CT molecular complexity index is 684. The van der Waals surface area contributed by atoms with Crippen LogP contribution >= 0.6 is 0 Å². The highest BCUT2D eigenvalue weighted by atomic mass is 19.4. The number of carbonyl (C=O) groups excluding carboxylic acids is 1. The lowest BCUT2D eigenvalue weighted by Gasteiger charge is -2.11. The minimum absolute atomic E-state index is 0.134. The molecule has 128 valence electrons. The Hall–Kier alpha value is -2.57. The Morgan fingerprint density at radius 3 is 2.42 bits per heavy atom. The quantitative estimate of drug-likeness (QED) is 0.789. The van der Waals surface area contributed by atoms with Crippen molar-refractivity contribution in [3.8, 4) is 0 Å². The van der Waals surface area contributed by atoms with Gasteiger partial charge in [0.1, 0.15) is 5.82 Å². The Balaban J connectivity index is 1.76. The van der Waals surface area contributed by atoms with Crippen LogP contribution in [0, 0.1) is 5.82 Å². The highest BCUT2D eigenvalue weighted by molar-refractivity contribution is 5.80. The minimum atomic E-state index is -4.42. The molecule has 0 aromatic heterocycles. The average Bonchev–Trinajstić information content (AvgIpc) is 2.54. The molecule has 1 amide bonds. The molecule has 2 rings (SSSR count). The third-order valence-electron chi connectivity index (χ3n) is 3.29. The summed E-state index contributed by atoms with van der Waals surface area (Å²) in [5.41, 5.74) is 0.324. The number of benzene rings is 2. The summed E-state index contributed by atoms with van der Waals surface area (Å²) in [6, 6.07) is 10.6. The van der Waals surface area contributed by atoms with E-state index in [2.05, 4.69) is 10.6 Å². The second kappa shape index (κ2) is 7.81. The van der Waals surface area contributed by atoms with E-state index in [0.29, 0.717) is 13.0 Å². The third-order valence-corrected chi connectivity index (χ3v) is 3.29. The average molecular weight is 340 g/mol. The van der Waals surface area contributed by atoms with E-state index in [-0.39, 0.29) is 24.0 Å². The number of hydrogen-bond acceptors (Lipinski definition) is 2. The zero-order valence-electron chi connectivity index (χ0n) is 12.7. The second-order valence-corrected chi connectivity index (χ2v) is 5.16. The lowest BCUT2D eigenvalue weighted by molar-refractivity contribution is -0.137. The maximum Gasteiger partial charge on any atom is 0.416 e. The second-order valence-electron chi connectivity index (χ2n) is 5.16. The molecule has 0 bridgehead atoms. The van der Waals surface area contributed by atoms with Gasteiger partial charge in [-0.1, -0.05) is 18.2 Å². The first-order valence-corrected chi connectivity index (χ1v) is 7.27. The van der Waals surface area contributed by atoms with Crippen molar-refractivity contribution in [3.63, 3.8) is 0 Å². The fourth-order valence-corrected chi connectivity index (χ4v) is 2.05. The molecule has 0 atom stereocenters. The molecule has 0 aliphatic carbocycles. The Kier molecular flexibility index (Phi) is 5.78. The number of nitrogens with one attached hydrogen (secondary N) is 2. The molecule has 0 aliphatic heterocycles. The zero-order valence-corrected chi connectivity index (χ0v) is 12.7. The first-order chi connectivity index (χ1) is 11.3. The van der Waals surface area contributed by atoms with Crippen molar-refractivity contribution in [1.82, 2.24) is 5.32 Å². The van der Waals surface area contributed by atoms with Crippen molar-refractivity contribution >= 4 is 11.6 Å². The lowest BCUT2D eigenvalue weighted by atomic mass is 10.1. The largest absolute Gasteiger partial charge is 0.416 e. The summed E-state index contributed by atoms with van der Waals surface area (Å²) < 4.78 is 50.5. The number of alkyl halides is 3. The maximum absolute atomic E-state index is 12.8. The van der Waals surface area contributed by atoms with E-state index in [9.17, 15) is 22.4 Å². The number of carbonyl (C=O) groups is 1. The number of amides is 1. The highest BCUT2D eigenvalue weighted by Gasteiger charge is 2.30. The topological polar surface area (TPSA) is 41.1 Å². The minimum Gasteiger partial charge on any atom is -0.376 e. The SMILES string of the molecule is O=C(CNc1cccc(C(F)(F)F)c1)NCCc1ccc(F)cc1. The van der Waals surface area contributed by atoms with Gasteiger partial charge in [0.25, 0.3) is 0 Å². The summed E-state index contributed by atoms with van der Waals surface area (Å²) in [5.74, 6) is -0.664. The summed E-state index contributed by atoms with van der Waals surface area (Å²) in [7, 11) is 0. The molecule has 2 aromatic rings. The number of rotatable bonds is 6.